The first-order valence-electron chi connectivity index (χ1n) is 12.2. The molecule has 2 aromatic carbocycles. The number of amides is 2. The van der Waals surface area contributed by atoms with Crippen molar-refractivity contribution < 1.29 is 18.0 Å². The van der Waals surface area contributed by atoms with Crippen molar-refractivity contribution in [3.63, 3.8) is 0 Å². The maximum atomic E-state index is 13.7. The lowest BCUT2D eigenvalue weighted by Crippen LogP contribution is -2.53. The van der Waals surface area contributed by atoms with E-state index in [1.54, 1.807) is 19.1 Å². The molecule has 1 saturated carbocycles. The van der Waals surface area contributed by atoms with Crippen molar-refractivity contribution in [3.8, 4) is 0 Å². The van der Waals surface area contributed by atoms with E-state index in [9.17, 15) is 18.0 Å². The van der Waals surface area contributed by atoms with Gasteiger partial charge >= 0.3 is 0 Å². The molecule has 190 valence electrons. The fraction of sp³-hybridized carbons (Fsp3) is 0.481. The van der Waals surface area contributed by atoms with Gasteiger partial charge in [-0.1, -0.05) is 67.3 Å². The van der Waals surface area contributed by atoms with Crippen LogP contribution < -0.4 is 9.62 Å². The average Bonchev–Trinajstić information content (AvgIpc) is 2.81. The summed E-state index contributed by atoms with van der Waals surface area (Å²) in [6, 6.07) is 14.2. The van der Waals surface area contributed by atoms with E-state index in [1.807, 2.05) is 50.2 Å². The van der Waals surface area contributed by atoms with Gasteiger partial charge in [0.2, 0.25) is 21.8 Å². The summed E-state index contributed by atoms with van der Waals surface area (Å²) < 4.78 is 26.5. The van der Waals surface area contributed by atoms with Gasteiger partial charge in [0, 0.05) is 12.6 Å². The van der Waals surface area contributed by atoms with Gasteiger partial charge in [0.1, 0.15) is 12.6 Å². The smallest absolute Gasteiger partial charge is 0.244 e. The monoisotopic (exact) mass is 499 g/mol. The van der Waals surface area contributed by atoms with Crippen molar-refractivity contribution in [2.75, 3.05) is 17.1 Å². The largest absolute Gasteiger partial charge is 0.352 e. The van der Waals surface area contributed by atoms with Gasteiger partial charge in [-0.15, -0.1) is 0 Å². The van der Waals surface area contributed by atoms with Crippen LogP contribution in [-0.2, 0) is 26.2 Å². The molecule has 1 aliphatic rings. The SMILES string of the molecule is Cc1cccc(CN(C(=O)CN(c2ccccc2C)S(C)(=O)=O)[C@H](C)C(=O)NC2CCCCC2)c1. The van der Waals surface area contributed by atoms with Crippen LogP contribution >= 0.6 is 0 Å². The molecule has 0 saturated heterocycles. The van der Waals surface area contributed by atoms with Crippen LogP contribution in [0.2, 0.25) is 0 Å². The molecule has 0 heterocycles. The Bertz CT molecular complexity index is 1140. The average molecular weight is 500 g/mol. The number of hydrogen-bond acceptors (Lipinski definition) is 4. The van der Waals surface area contributed by atoms with Crippen molar-refractivity contribution in [1.29, 1.82) is 0 Å². The number of aryl methyl sites for hydroxylation is 2. The van der Waals surface area contributed by atoms with Gasteiger partial charge in [-0.25, -0.2) is 8.42 Å². The lowest BCUT2D eigenvalue weighted by atomic mass is 9.95. The maximum Gasteiger partial charge on any atom is 0.244 e. The zero-order chi connectivity index (χ0) is 25.6. The van der Waals surface area contributed by atoms with Gasteiger partial charge in [0.15, 0.2) is 0 Å². The van der Waals surface area contributed by atoms with Crippen LogP contribution in [0.4, 0.5) is 5.69 Å². The van der Waals surface area contributed by atoms with E-state index < -0.39 is 22.0 Å². The second kappa shape index (κ2) is 11.7. The molecule has 1 fully saturated rings. The second-order valence-corrected chi connectivity index (χ2v) is 11.5. The molecule has 0 aromatic heterocycles. The summed E-state index contributed by atoms with van der Waals surface area (Å²) in [5, 5.41) is 3.11. The number of sulfonamides is 1. The van der Waals surface area contributed by atoms with E-state index >= 15 is 0 Å². The van der Waals surface area contributed by atoms with Crippen molar-refractivity contribution in [2.24, 2.45) is 0 Å². The molecule has 2 amide bonds. The summed E-state index contributed by atoms with van der Waals surface area (Å²) in [7, 11) is -3.73. The number of rotatable bonds is 9. The standard InChI is InChI=1S/C27H37N3O4S/c1-20-11-10-13-23(17-20)18-29(22(3)27(32)28-24-14-6-5-7-15-24)26(31)19-30(35(4,33)34)25-16-9-8-12-21(25)2/h8-13,16-17,22,24H,5-7,14-15,18-19H2,1-4H3,(H,28,32)/t22-/m1/s1. The number of para-hydroxylation sites is 1. The van der Waals surface area contributed by atoms with Crippen LogP contribution in [-0.4, -0.2) is 50.0 Å². The van der Waals surface area contributed by atoms with Crippen molar-refractivity contribution in [1.82, 2.24) is 10.2 Å². The Morgan fingerprint density at radius 1 is 1.03 bits per heavy atom. The van der Waals surface area contributed by atoms with Crippen LogP contribution in [0.15, 0.2) is 48.5 Å². The van der Waals surface area contributed by atoms with Crippen molar-refractivity contribution >= 4 is 27.5 Å². The number of nitrogens with one attached hydrogen (secondary N) is 1. The topological polar surface area (TPSA) is 86.8 Å². The van der Waals surface area contributed by atoms with Crippen molar-refractivity contribution in [3.05, 3.63) is 65.2 Å². The van der Waals surface area contributed by atoms with Crippen LogP contribution in [0.3, 0.4) is 0 Å². The lowest BCUT2D eigenvalue weighted by Gasteiger charge is -2.33. The Balaban J connectivity index is 1.88. The molecule has 1 N–H and O–H groups in total. The molecular weight excluding hydrogens is 462 g/mol. The third kappa shape index (κ3) is 7.31. The second-order valence-electron chi connectivity index (χ2n) is 9.59. The van der Waals surface area contributed by atoms with Gasteiger partial charge in [-0.3, -0.25) is 13.9 Å². The zero-order valence-corrected chi connectivity index (χ0v) is 22.0. The minimum Gasteiger partial charge on any atom is -0.352 e. The van der Waals surface area contributed by atoms with E-state index in [0.29, 0.717) is 5.69 Å². The first-order chi connectivity index (χ1) is 16.6. The summed E-state index contributed by atoms with van der Waals surface area (Å²) in [5.41, 5.74) is 3.14. The molecule has 7 nitrogen and oxygen atoms in total. The zero-order valence-electron chi connectivity index (χ0n) is 21.2. The van der Waals surface area contributed by atoms with Crippen molar-refractivity contribution in [2.45, 2.75) is 71.5 Å². The van der Waals surface area contributed by atoms with Crippen LogP contribution in [0.5, 0.6) is 0 Å². The highest BCUT2D eigenvalue weighted by molar-refractivity contribution is 7.92. The predicted octanol–water partition coefficient (Wildman–Crippen LogP) is 3.94. The number of carbonyl (C=O) groups is 2. The fourth-order valence-electron chi connectivity index (χ4n) is 4.60. The number of nitrogens with zero attached hydrogens (tertiary/aromatic N) is 2. The molecule has 0 aliphatic heterocycles. The number of carbonyl (C=O) groups excluding carboxylic acids is 2. The summed E-state index contributed by atoms with van der Waals surface area (Å²) >= 11 is 0. The van der Waals surface area contributed by atoms with Gasteiger partial charge in [-0.2, -0.15) is 0 Å². The van der Waals surface area contributed by atoms with Gasteiger partial charge < -0.3 is 10.2 Å². The molecule has 8 heteroatoms. The van der Waals surface area contributed by atoms with Gasteiger partial charge in [0.25, 0.3) is 0 Å². The molecule has 0 unspecified atom stereocenters. The number of anilines is 1. The first-order valence-corrected chi connectivity index (χ1v) is 14.1. The molecule has 1 aliphatic carbocycles. The van der Waals surface area contributed by atoms with E-state index in [2.05, 4.69) is 5.32 Å². The Labute approximate surface area is 209 Å². The molecule has 1 atom stereocenters. The third-order valence-corrected chi connectivity index (χ3v) is 7.74. The Morgan fingerprint density at radius 3 is 2.34 bits per heavy atom. The lowest BCUT2D eigenvalue weighted by molar-refractivity contribution is -0.139. The maximum absolute atomic E-state index is 13.7. The fourth-order valence-corrected chi connectivity index (χ4v) is 5.50. The summed E-state index contributed by atoms with van der Waals surface area (Å²) in [6.45, 7) is 5.33. The molecule has 3 rings (SSSR count). The Morgan fingerprint density at radius 2 is 1.71 bits per heavy atom. The van der Waals surface area contributed by atoms with E-state index in [-0.39, 0.29) is 25.0 Å². The molecule has 0 spiro atoms. The summed E-state index contributed by atoms with van der Waals surface area (Å²) in [5.74, 6) is -0.633. The predicted molar refractivity (Wildman–Crippen MR) is 140 cm³/mol. The van der Waals surface area contributed by atoms with Gasteiger partial charge in [0.05, 0.1) is 11.9 Å². The third-order valence-electron chi connectivity index (χ3n) is 6.62. The van der Waals surface area contributed by atoms with E-state index in [1.165, 1.54) is 11.3 Å². The minimum atomic E-state index is -3.73. The number of hydrogen-bond donors (Lipinski definition) is 1. The highest BCUT2D eigenvalue weighted by atomic mass is 32.2. The molecule has 2 aromatic rings. The Kier molecular flexibility index (Phi) is 8.94. The van der Waals surface area contributed by atoms with Crippen LogP contribution in [0, 0.1) is 13.8 Å². The molecular formula is C27H37N3O4S. The Hall–Kier alpha value is -2.87. The van der Waals surface area contributed by atoms with Crippen LogP contribution in [0.25, 0.3) is 0 Å². The molecule has 0 radical (unpaired) electrons. The minimum absolute atomic E-state index is 0.120. The molecule has 35 heavy (non-hydrogen) atoms. The first kappa shape index (κ1) is 26.7. The number of benzene rings is 2. The van der Waals surface area contributed by atoms with Gasteiger partial charge in [-0.05, 0) is 50.8 Å². The highest BCUT2D eigenvalue weighted by Gasteiger charge is 2.31. The summed E-state index contributed by atoms with van der Waals surface area (Å²) in [6.07, 6.45) is 6.34. The van der Waals surface area contributed by atoms with E-state index in [0.717, 1.165) is 52.9 Å². The molecule has 0 bridgehead atoms. The van der Waals surface area contributed by atoms with Crippen LogP contribution in [0.1, 0.15) is 55.7 Å². The normalized spacial score (nSPS) is 15.3. The quantitative estimate of drug-likeness (QED) is 0.566. The highest BCUT2D eigenvalue weighted by Crippen LogP contribution is 2.23. The summed E-state index contributed by atoms with van der Waals surface area (Å²) in [4.78, 5) is 28.3. The van der Waals surface area contributed by atoms with E-state index in [4.69, 9.17) is 0 Å².